The number of hydrogen-bond acceptors (Lipinski definition) is 15. The molecule has 0 aromatic carbocycles. The number of rotatable bonds is 8. The number of nitrogens with two attached hydrogens (primary N) is 1. The monoisotopic (exact) mass is 551 g/mol. The summed E-state index contributed by atoms with van der Waals surface area (Å²) in [5.41, 5.74) is 5.87. The maximum atomic E-state index is 11.9. The molecule has 174 valence electrons. The van der Waals surface area contributed by atoms with E-state index >= 15 is 0 Å². The fraction of sp³-hybridized carbons (Fsp3) is 0.500. The minimum Gasteiger partial charge on any atom is -0.756 e. The predicted molar refractivity (Wildman–Crippen MR) is 91.0 cm³/mol. The van der Waals surface area contributed by atoms with E-state index in [0.717, 1.165) is 17.2 Å². The van der Waals surface area contributed by atoms with E-state index in [1.54, 1.807) is 0 Å². The van der Waals surface area contributed by atoms with Crippen molar-refractivity contribution in [3.8, 4) is 0 Å². The molecular formula is C10H14N5Na2O13P3. The molecule has 7 atom stereocenters. The van der Waals surface area contributed by atoms with E-state index in [1.807, 2.05) is 0 Å². The molecule has 18 nitrogen and oxygen atoms in total. The third-order valence-electron chi connectivity index (χ3n) is 3.81. The van der Waals surface area contributed by atoms with Crippen molar-refractivity contribution in [1.29, 1.82) is 0 Å². The molecule has 2 aromatic rings. The van der Waals surface area contributed by atoms with Gasteiger partial charge in [0.05, 0.1) is 12.9 Å². The molecule has 0 spiro atoms. The van der Waals surface area contributed by atoms with Gasteiger partial charge in [-0.05, 0) is 0 Å². The number of nitrogens with zero attached hydrogens (tertiary/aromatic N) is 4. The molecule has 3 heterocycles. The van der Waals surface area contributed by atoms with Gasteiger partial charge in [-0.15, -0.1) is 0 Å². The molecule has 1 saturated heterocycles. The fourth-order valence-electron chi connectivity index (χ4n) is 2.72. The number of hydrogen-bond donors (Lipinski definition) is 5. The molecule has 0 radical (unpaired) electrons. The first kappa shape index (κ1) is 31.7. The van der Waals surface area contributed by atoms with Crippen LogP contribution in [0.15, 0.2) is 12.7 Å². The van der Waals surface area contributed by atoms with Gasteiger partial charge in [0.25, 0.3) is 15.6 Å². The molecule has 0 bridgehead atoms. The quantitative estimate of drug-likeness (QED) is 0.150. The Hall–Kier alpha value is 0.640. The van der Waals surface area contributed by atoms with Gasteiger partial charge in [0.2, 0.25) is 0 Å². The molecule has 0 aliphatic carbocycles. The molecule has 6 N–H and O–H groups in total. The molecule has 33 heavy (non-hydrogen) atoms. The Morgan fingerprint density at radius 1 is 1.15 bits per heavy atom. The van der Waals surface area contributed by atoms with Crippen LogP contribution in [0.5, 0.6) is 0 Å². The summed E-state index contributed by atoms with van der Waals surface area (Å²) in [6, 6.07) is 0. The van der Waals surface area contributed by atoms with Gasteiger partial charge < -0.3 is 44.8 Å². The SMILES string of the molecule is Nc1ncnc2c1ncn2[C@@H]1O[C@H](CO)[C@@H](OP(=O)([O-])OP(=O)(O)OP(=O)([O-])O)[C@H]1O.[Na+].[Na+]. The average molecular weight is 551 g/mol. The Morgan fingerprint density at radius 3 is 2.36 bits per heavy atom. The van der Waals surface area contributed by atoms with Gasteiger partial charge in [-0.3, -0.25) is 13.7 Å². The molecule has 1 aliphatic rings. The van der Waals surface area contributed by atoms with Crippen molar-refractivity contribution in [2.24, 2.45) is 0 Å². The first-order chi connectivity index (χ1) is 14.2. The van der Waals surface area contributed by atoms with Crippen LogP contribution in [0, 0.1) is 0 Å². The second-order valence-electron chi connectivity index (χ2n) is 5.94. The number of aliphatic hydroxyl groups is 2. The van der Waals surface area contributed by atoms with Gasteiger partial charge in [0.15, 0.2) is 17.7 Å². The van der Waals surface area contributed by atoms with Crippen molar-refractivity contribution < 1.29 is 120 Å². The van der Waals surface area contributed by atoms with E-state index in [2.05, 4.69) is 28.1 Å². The van der Waals surface area contributed by atoms with E-state index < -0.39 is 54.6 Å². The smallest absolute Gasteiger partial charge is 0.756 e. The van der Waals surface area contributed by atoms with Crippen molar-refractivity contribution in [2.75, 3.05) is 12.3 Å². The number of aromatic nitrogens is 4. The number of anilines is 1. The van der Waals surface area contributed by atoms with Crippen LogP contribution >= 0.6 is 23.5 Å². The molecule has 1 fully saturated rings. The normalized spacial score (nSPS) is 28.2. The zero-order chi connectivity index (χ0) is 23.2. The Morgan fingerprint density at radius 2 is 1.79 bits per heavy atom. The van der Waals surface area contributed by atoms with Crippen LogP contribution < -0.4 is 74.6 Å². The molecule has 1 aliphatic heterocycles. The van der Waals surface area contributed by atoms with Crippen LogP contribution in [0.4, 0.5) is 5.82 Å². The van der Waals surface area contributed by atoms with Gasteiger partial charge in [-0.1, -0.05) is 0 Å². The van der Waals surface area contributed by atoms with Crippen molar-refractivity contribution in [1.82, 2.24) is 19.5 Å². The van der Waals surface area contributed by atoms with Crippen LogP contribution in [0.3, 0.4) is 0 Å². The van der Waals surface area contributed by atoms with E-state index in [1.165, 1.54) is 0 Å². The minimum absolute atomic E-state index is 0. The third kappa shape index (κ3) is 7.81. The van der Waals surface area contributed by atoms with E-state index in [-0.39, 0.29) is 76.1 Å². The Labute approximate surface area is 228 Å². The van der Waals surface area contributed by atoms with Crippen molar-refractivity contribution in [2.45, 2.75) is 24.5 Å². The zero-order valence-electron chi connectivity index (χ0n) is 16.8. The molecule has 0 amide bonds. The van der Waals surface area contributed by atoms with E-state index in [9.17, 15) is 33.7 Å². The number of phosphoric ester groups is 1. The first-order valence-electron chi connectivity index (χ1n) is 7.89. The number of nitrogen functional groups attached to an aromatic ring is 1. The van der Waals surface area contributed by atoms with E-state index in [0.29, 0.717) is 0 Å². The fourth-order valence-corrected chi connectivity index (χ4v) is 5.88. The van der Waals surface area contributed by atoms with Gasteiger partial charge in [0, 0.05) is 0 Å². The number of fused-ring (bicyclic) bond motifs is 1. The summed E-state index contributed by atoms with van der Waals surface area (Å²) in [6.07, 6.45) is -4.45. The number of imidazole rings is 1. The summed E-state index contributed by atoms with van der Waals surface area (Å²) in [4.78, 5) is 51.6. The van der Waals surface area contributed by atoms with Gasteiger partial charge in [-0.25, -0.2) is 28.1 Å². The zero-order valence-corrected chi connectivity index (χ0v) is 23.5. The maximum Gasteiger partial charge on any atom is 1.00 e. The Bertz CT molecular complexity index is 1120. The van der Waals surface area contributed by atoms with Crippen LogP contribution in [0.2, 0.25) is 0 Å². The van der Waals surface area contributed by atoms with Crippen LogP contribution in [0.25, 0.3) is 11.2 Å². The summed E-state index contributed by atoms with van der Waals surface area (Å²) >= 11 is 0. The molecule has 23 heteroatoms. The summed E-state index contributed by atoms with van der Waals surface area (Å²) in [6.45, 7) is -0.887. The summed E-state index contributed by atoms with van der Waals surface area (Å²) < 4.78 is 51.8. The summed E-state index contributed by atoms with van der Waals surface area (Å²) in [5.74, 6) is -0.00144. The number of ether oxygens (including phenoxy) is 1. The standard InChI is InChI=1S/C10H16N5O13P3.2Na/c11-8-5-9(13-2-12-8)15(3-14-5)10-6(17)7(4(1-16)25-10)26-30(21,22)28-31(23,24)27-29(18,19)20;;/h2-4,6-7,10,16-17H,1H2,(H,21,22)(H,23,24)(H2,11,12,13)(H2,18,19,20);;/q;2*+1/p-2/t4-,6-,7-,10-;;/m1../s1. The Balaban J connectivity index is 0.00000272. The molecule has 3 rings (SSSR count). The third-order valence-corrected chi connectivity index (χ3v) is 7.59. The molecule has 2 aromatic heterocycles. The van der Waals surface area contributed by atoms with Gasteiger partial charge in [0.1, 0.15) is 30.2 Å². The number of phosphoric acid groups is 3. The van der Waals surface area contributed by atoms with Crippen LogP contribution in [0.1, 0.15) is 6.23 Å². The minimum atomic E-state index is -5.90. The topological polar surface area (TPSA) is 285 Å². The van der Waals surface area contributed by atoms with Crippen molar-refractivity contribution in [3.63, 3.8) is 0 Å². The molecular weight excluding hydrogens is 537 g/mol. The number of aliphatic hydroxyl groups excluding tert-OH is 2. The summed E-state index contributed by atoms with van der Waals surface area (Å²) in [5, 5.41) is 20.0. The maximum absolute atomic E-state index is 11.9. The van der Waals surface area contributed by atoms with Gasteiger partial charge >= 0.3 is 66.9 Å². The van der Waals surface area contributed by atoms with Crippen LogP contribution in [-0.4, -0.2) is 64.4 Å². The second-order valence-corrected chi connectivity index (χ2v) is 10.2. The van der Waals surface area contributed by atoms with Crippen LogP contribution in [-0.2, 0) is 31.6 Å². The van der Waals surface area contributed by atoms with Gasteiger partial charge in [-0.2, -0.15) is 0 Å². The first-order valence-corrected chi connectivity index (χ1v) is 12.3. The largest absolute Gasteiger partial charge is 1.00 e. The second kappa shape index (κ2) is 11.8. The van der Waals surface area contributed by atoms with E-state index in [4.69, 9.17) is 20.3 Å². The predicted octanol–water partition coefficient (Wildman–Crippen LogP) is -8.89. The Kier molecular flexibility index (Phi) is 11.3. The molecule has 3 unspecified atom stereocenters. The average Bonchev–Trinajstić information content (AvgIpc) is 3.14. The van der Waals surface area contributed by atoms with Crippen molar-refractivity contribution >= 4 is 40.4 Å². The van der Waals surface area contributed by atoms with Crippen molar-refractivity contribution in [3.05, 3.63) is 12.7 Å². The summed E-state index contributed by atoms with van der Waals surface area (Å²) in [7, 11) is -17.6. The molecule has 0 saturated carbocycles.